The van der Waals surface area contributed by atoms with Gasteiger partial charge < -0.3 is 9.84 Å². The average molecular weight is 227 g/mol. The molecular formula is C13H25NO2. The highest BCUT2D eigenvalue weighted by Gasteiger charge is 2.33. The second-order valence-electron chi connectivity index (χ2n) is 5.38. The van der Waals surface area contributed by atoms with Crippen LogP contribution in [0.5, 0.6) is 0 Å². The standard InChI is InChI=1S/C13H25NO2/c1-3-12-5-4-10(2)14(12)8-11-9-16-7-6-13(11)15/h10-13,15H,3-9H2,1-2H3. The van der Waals surface area contributed by atoms with Crippen LogP contribution in [0, 0.1) is 5.92 Å². The van der Waals surface area contributed by atoms with E-state index < -0.39 is 0 Å². The van der Waals surface area contributed by atoms with Crippen LogP contribution >= 0.6 is 0 Å². The number of hydrogen-bond acceptors (Lipinski definition) is 3. The monoisotopic (exact) mass is 227 g/mol. The molecule has 0 aromatic carbocycles. The van der Waals surface area contributed by atoms with Crippen molar-refractivity contribution in [1.29, 1.82) is 0 Å². The van der Waals surface area contributed by atoms with E-state index in [4.69, 9.17) is 4.74 Å². The van der Waals surface area contributed by atoms with Crippen molar-refractivity contribution in [3.8, 4) is 0 Å². The summed E-state index contributed by atoms with van der Waals surface area (Å²) in [4.78, 5) is 2.59. The largest absolute Gasteiger partial charge is 0.393 e. The molecule has 4 unspecified atom stereocenters. The Morgan fingerprint density at radius 1 is 1.31 bits per heavy atom. The molecular weight excluding hydrogens is 202 g/mol. The van der Waals surface area contributed by atoms with Gasteiger partial charge >= 0.3 is 0 Å². The zero-order valence-corrected chi connectivity index (χ0v) is 10.6. The summed E-state index contributed by atoms with van der Waals surface area (Å²) < 4.78 is 5.48. The molecule has 0 spiro atoms. The summed E-state index contributed by atoms with van der Waals surface area (Å²) in [6, 6.07) is 1.41. The van der Waals surface area contributed by atoms with E-state index in [9.17, 15) is 5.11 Å². The lowest BCUT2D eigenvalue weighted by atomic mass is 9.97. The zero-order valence-electron chi connectivity index (χ0n) is 10.6. The Kier molecular flexibility index (Phi) is 4.22. The molecule has 2 rings (SSSR count). The second kappa shape index (κ2) is 5.48. The predicted molar refractivity (Wildman–Crippen MR) is 64.4 cm³/mol. The topological polar surface area (TPSA) is 32.7 Å². The molecule has 0 radical (unpaired) electrons. The van der Waals surface area contributed by atoms with Gasteiger partial charge in [-0.1, -0.05) is 6.92 Å². The molecule has 0 amide bonds. The summed E-state index contributed by atoms with van der Waals surface area (Å²) in [6.07, 6.45) is 4.51. The Labute approximate surface area is 98.8 Å². The Hall–Kier alpha value is -0.120. The van der Waals surface area contributed by atoms with Crippen molar-refractivity contribution in [2.45, 2.75) is 57.7 Å². The fraction of sp³-hybridized carbons (Fsp3) is 1.00. The number of aliphatic hydroxyl groups is 1. The van der Waals surface area contributed by atoms with Crippen molar-refractivity contribution in [1.82, 2.24) is 4.90 Å². The summed E-state index contributed by atoms with van der Waals surface area (Å²) in [5.74, 6) is 0.323. The number of nitrogens with zero attached hydrogens (tertiary/aromatic N) is 1. The Bertz CT molecular complexity index is 222. The molecule has 3 nitrogen and oxygen atoms in total. The van der Waals surface area contributed by atoms with E-state index in [0.29, 0.717) is 12.0 Å². The van der Waals surface area contributed by atoms with Crippen LogP contribution in [0.25, 0.3) is 0 Å². The summed E-state index contributed by atoms with van der Waals surface area (Å²) in [5, 5.41) is 9.97. The van der Waals surface area contributed by atoms with Gasteiger partial charge in [0, 0.05) is 31.2 Å². The van der Waals surface area contributed by atoms with Crippen LogP contribution < -0.4 is 0 Å². The highest BCUT2D eigenvalue weighted by molar-refractivity contribution is 4.87. The van der Waals surface area contributed by atoms with Crippen molar-refractivity contribution in [2.75, 3.05) is 19.8 Å². The first-order valence-electron chi connectivity index (χ1n) is 6.74. The molecule has 0 aromatic rings. The van der Waals surface area contributed by atoms with Crippen LogP contribution in [-0.2, 0) is 4.74 Å². The lowest BCUT2D eigenvalue weighted by molar-refractivity contribution is -0.0509. The van der Waals surface area contributed by atoms with Gasteiger partial charge in [-0.15, -0.1) is 0 Å². The number of rotatable bonds is 3. The van der Waals surface area contributed by atoms with E-state index in [1.807, 2.05) is 0 Å². The summed E-state index contributed by atoms with van der Waals surface area (Å²) in [7, 11) is 0. The third-order valence-electron chi connectivity index (χ3n) is 4.30. The Balaban J connectivity index is 1.91. The zero-order chi connectivity index (χ0) is 11.5. The van der Waals surface area contributed by atoms with Gasteiger partial charge in [0.05, 0.1) is 12.7 Å². The van der Waals surface area contributed by atoms with Gasteiger partial charge in [-0.25, -0.2) is 0 Å². The normalized spacial score (nSPS) is 41.4. The predicted octanol–water partition coefficient (Wildman–Crippen LogP) is 1.65. The van der Waals surface area contributed by atoms with E-state index in [0.717, 1.165) is 32.2 Å². The molecule has 4 atom stereocenters. The minimum atomic E-state index is -0.154. The van der Waals surface area contributed by atoms with Crippen molar-refractivity contribution < 1.29 is 9.84 Å². The highest BCUT2D eigenvalue weighted by Crippen LogP contribution is 2.28. The number of aliphatic hydroxyl groups excluding tert-OH is 1. The van der Waals surface area contributed by atoms with Crippen LogP contribution in [-0.4, -0.2) is 48.0 Å². The molecule has 2 aliphatic heterocycles. The smallest absolute Gasteiger partial charge is 0.0624 e. The molecule has 0 saturated carbocycles. The molecule has 2 aliphatic rings. The van der Waals surface area contributed by atoms with Gasteiger partial charge in [0.2, 0.25) is 0 Å². The van der Waals surface area contributed by atoms with Crippen LogP contribution in [0.2, 0.25) is 0 Å². The quantitative estimate of drug-likeness (QED) is 0.795. The molecule has 3 heteroatoms. The van der Waals surface area contributed by atoms with Gasteiger partial charge in [0.15, 0.2) is 0 Å². The van der Waals surface area contributed by atoms with Gasteiger partial charge in [-0.2, -0.15) is 0 Å². The van der Waals surface area contributed by atoms with Crippen LogP contribution in [0.1, 0.15) is 39.5 Å². The molecule has 2 saturated heterocycles. The van der Waals surface area contributed by atoms with E-state index in [-0.39, 0.29) is 6.10 Å². The van der Waals surface area contributed by atoms with Gasteiger partial charge in [0.25, 0.3) is 0 Å². The fourth-order valence-corrected chi connectivity index (χ4v) is 3.12. The maximum absolute atomic E-state index is 9.97. The molecule has 0 aromatic heterocycles. The summed E-state index contributed by atoms with van der Waals surface area (Å²) >= 11 is 0. The summed E-state index contributed by atoms with van der Waals surface area (Å²) in [6.45, 7) is 7.06. The van der Waals surface area contributed by atoms with Crippen molar-refractivity contribution in [2.24, 2.45) is 5.92 Å². The molecule has 1 N–H and O–H groups in total. The number of hydrogen-bond donors (Lipinski definition) is 1. The number of ether oxygens (including phenoxy) is 1. The van der Waals surface area contributed by atoms with E-state index in [1.165, 1.54) is 19.3 Å². The summed E-state index contributed by atoms with van der Waals surface area (Å²) in [5.41, 5.74) is 0. The maximum atomic E-state index is 9.97. The van der Waals surface area contributed by atoms with Crippen LogP contribution in [0.3, 0.4) is 0 Å². The first-order chi connectivity index (χ1) is 7.72. The molecule has 94 valence electrons. The molecule has 0 bridgehead atoms. The van der Waals surface area contributed by atoms with Crippen LogP contribution in [0.15, 0.2) is 0 Å². The first kappa shape index (κ1) is 12.3. The Morgan fingerprint density at radius 2 is 2.12 bits per heavy atom. The highest BCUT2D eigenvalue weighted by atomic mass is 16.5. The van der Waals surface area contributed by atoms with Crippen molar-refractivity contribution in [3.63, 3.8) is 0 Å². The van der Waals surface area contributed by atoms with E-state index in [1.54, 1.807) is 0 Å². The van der Waals surface area contributed by atoms with Crippen molar-refractivity contribution in [3.05, 3.63) is 0 Å². The van der Waals surface area contributed by atoms with E-state index >= 15 is 0 Å². The van der Waals surface area contributed by atoms with Gasteiger partial charge in [-0.05, 0) is 32.6 Å². The minimum Gasteiger partial charge on any atom is -0.393 e. The Morgan fingerprint density at radius 3 is 2.81 bits per heavy atom. The van der Waals surface area contributed by atoms with Crippen molar-refractivity contribution >= 4 is 0 Å². The second-order valence-corrected chi connectivity index (χ2v) is 5.38. The number of likely N-dealkylation sites (tertiary alicyclic amines) is 1. The first-order valence-corrected chi connectivity index (χ1v) is 6.74. The molecule has 16 heavy (non-hydrogen) atoms. The average Bonchev–Trinajstić information content (AvgIpc) is 2.63. The molecule has 2 fully saturated rings. The fourth-order valence-electron chi connectivity index (χ4n) is 3.12. The van der Waals surface area contributed by atoms with Gasteiger partial charge in [0.1, 0.15) is 0 Å². The molecule has 2 heterocycles. The lowest BCUT2D eigenvalue weighted by Crippen LogP contribution is -2.44. The van der Waals surface area contributed by atoms with Crippen LogP contribution in [0.4, 0.5) is 0 Å². The molecule has 0 aliphatic carbocycles. The maximum Gasteiger partial charge on any atom is 0.0624 e. The third-order valence-corrected chi connectivity index (χ3v) is 4.30. The third kappa shape index (κ3) is 2.58. The minimum absolute atomic E-state index is 0.154. The lowest BCUT2D eigenvalue weighted by Gasteiger charge is -2.35. The van der Waals surface area contributed by atoms with E-state index in [2.05, 4.69) is 18.7 Å². The SMILES string of the molecule is CCC1CCC(C)N1CC1COCCC1O. The van der Waals surface area contributed by atoms with Gasteiger partial charge in [-0.3, -0.25) is 4.90 Å².